The number of hydrogen-bond donors (Lipinski definition) is 0. The Balaban J connectivity index is 0.00000231. The van der Waals surface area contributed by atoms with Gasteiger partial charge in [0.2, 0.25) is 0 Å². The Morgan fingerprint density at radius 2 is 1.63 bits per heavy atom. The van der Waals surface area contributed by atoms with Crippen LogP contribution in [-0.2, 0) is 9.53 Å². The zero-order chi connectivity index (χ0) is 27.4. The average molecular weight is 579 g/mol. The second-order valence-electron chi connectivity index (χ2n) is 9.89. The first-order valence-electron chi connectivity index (χ1n) is 13.4. The molecule has 218 valence electrons. The molecule has 0 bridgehead atoms. The molecule has 7 nitrogen and oxygen atoms in total. The monoisotopic (exact) mass is 578 g/mol. The van der Waals surface area contributed by atoms with Gasteiger partial charge in [-0.15, -0.1) is 0 Å². The van der Waals surface area contributed by atoms with Gasteiger partial charge < -0.3 is 4.74 Å². The zero-order valence-electron chi connectivity index (χ0n) is 22.7. The summed E-state index contributed by atoms with van der Waals surface area (Å²) in [6.45, 7) is 5.51. The number of aromatic nitrogens is 3. The first kappa shape index (κ1) is 31.8. The molecule has 1 aliphatic heterocycles. The second kappa shape index (κ2) is 14.3. The highest BCUT2D eigenvalue weighted by Crippen LogP contribution is 2.33. The SMILES string of the molecule is C.CCOC(=O)[C@@H](c1ccccc1)N1CCC(c2ccc(-n3cnn([C@@H](C)c4ccccc4F)c3=O)cc2)CC1.S. The van der Waals surface area contributed by atoms with E-state index in [-0.39, 0.29) is 38.4 Å². The van der Waals surface area contributed by atoms with E-state index in [4.69, 9.17) is 4.74 Å². The number of rotatable bonds is 8. The molecule has 2 atom stereocenters. The number of likely N-dealkylation sites (tertiary alicyclic amines) is 1. The lowest BCUT2D eigenvalue weighted by atomic mass is 9.88. The van der Waals surface area contributed by atoms with Crippen LogP contribution in [-0.4, -0.2) is 44.9 Å². The molecule has 0 spiro atoms. The maximum Gasteiger partial charge on any atom is 0.350 e. The highest BCUT2D eigenvalue weighted by Gasteiger charge is 2.32. The van der Waals surface area contributed by atoms with Gasteiger partial charge in [0.25, 0.3) is 0 Å². The van der Waals surface area contributed by atoms with Crippen molar-refractivity contribution in [1.82, 2.24) is 19.2 Å². The number of ether oxygens (including phenoxy) is 1. The van der Waals surface area contributed by atoms with E-state index in [2.05, 4.69) is 22.1 Å². The van der Waals surface area contributed by atoms with E-state index < -0.39 is 12.1 Å². The minimum absolute atomic E-state index is 0. The second-order valence-corrected chi connectivity index (χ2v) is 9.89. The van der Waals surface area contributed by atoms with Crippen molar-refractivity contribution in [2.24, 2.45) is 0 Å². The molecule has 1 aliphatic rings. The summed E-state index contributed by atoms with van der Waals surface area (Å²) in [5.41, 5.74) is 2.96. The Morgan fingerprint density at radius 1 is 1.00 bits per heavy atom. The van der Waals surface area contributed by atoms with Crippen LogP contribution in [0.1, 0.15) is 68.8 Å². The van der Waals surface area contributed by atoms with Crippen LogP contribution >= 0.6 is 13.5 Å². The van der Waals surface area contributed by atoms with Crippen LogP contribution in [0.5, 0.6) is 0 Å². The number of hydrogen-bond acceptors (Lipinski definition) is 5. The van der Waals surface area contributed by atoms with E-state index in [1.165, 1.54) is 27.2 Å². The van der Waals surface area contributed by atoms with Crippen molar-refractivity contribution >= 4 is 19.5 Å². The fourth-order valence-corrected chi connectivity index (χ4v) is 5.46. The largest absolute Gasteiger partial charge is 0.465 e. The molecule has 9 heteroatoms. The quantitative estimate of drug-likeness (QED) is 0.239. The minimum Gasteiger partial charge on any atom is -0.465 e. The molecule has 0 unspecified atom stereocenters. The summed E-state index contributed by atoms with van der Waals surface area (Å²) in [5.74, 6) is -0.213. The number of piperidine rings is 1. The normalized spacial score (nSPS) is 15.3. The predicted octanol–water partition coefficient (Wildman–Crippen LogP) is 6.02. The van der Waals surface area contributed by atoms with Gasteiger partial charge in [-0.2, -0.15) is 18.6 Å². The lowest BCUT2D eigenvalue weighted by Crippen LogP contribution is -2.40. The summed E-state index contributed by atoms with van der Waals surface area (Å²) >= 11 is 0. The average Bonchev–Trinajstić information content (AvgIpc) is 3.35. The fraction of sp³-hybridized carbons (Fsp3) is 0.344. The van der Waals surface area contributed by atoms with E-state index in [0.717, 1.165) is 31.5 Å². The lowest BCUT2D eigenvalue weighted by molar-refractivity contribution is -0.150. The Labute approximate surface area is 248 Å². The number of nitrogens with zero attached hydrogens (tertiary/aromatic N) is 4. The molecule has 1 saturated heterocycles. The van der Waals surface area contributed by atoms with Crippen LogP contribution in [0.4, 0.5) is 4.39 Å². The molecule has 3 aromatic carbocycles. The molecule has 5 rings (SSSR count). The van der Waals surface area contributed by atoms with Gasteiger partial charge in [-0.25, -0.2) is 23.2 Å². The summed E-state index contributed by atoms with van der Waals surface area (Å²) in [6, 6.07) is 23.3. The molecule has 0 N–H and O–H groups in total. The highest BCUT2D eigenvalue weighted by molar-refractivity contribution is 7.59. The molecule has 4 aromatic rings. The third-order valence-electron chi connectivity index (χ3n) is 7.58. The fourth-order valence-electron chi connectivity index (χ4n) is 5.46. The third-order valence-corrected chi connectivity index (χ3v) is 7.58. The van der Waals surface area contributed by atoms with Gasteiger partial charge in [-0.1, -0.05) is 68.1 Å². The van der Waals surface area contributed by atoms with Gasteiger partial charge in [0.1, 0.15) is 18.2 Å². The number of halogens is 1. The van der Waals surface area contributed by atoms with Gasteiger partial charge >= 0.3 is 11.7 Å². The van der Waals surface area contributed by atoms with Crippen molar-refractivity contribution in [2.45, 2.75) is 52.1 Å². The van der Waals surface area contributed by atoms with Gasteiger partial charge in [0.15, 0.2) is 0 Å². The Hall–Kier alpha value is -3.69. The highest BCUT2D eigenvalue weighted by atomic mass is 32.1. The van der Waals surface area contributed by atoms with Crippen LogP contribution in [0.2, 0.25) is 0 Å². The van der Waals surface area contributed by atoms with Crippen molar-refractivity contribution in [3.05, 3.63) is 118 Å². The predicted molar refractivity (Wildman–Crippen MR) is 165 cm³/mol. The number of esters is 1. The summed E-state index contributed by atoms with van der Waals surface area (Å²) in [7, 11) is 0. The molecular weight excluding hydrogens is 539 g/mol. The van der Waals surface area contributed by atoms with Crippen LogP contribution in [0.15, 0.2) is 90.0 Å². The summed E-state index contributed by atoms with van der Waals surface area (Å²) < 4.78 is 22.4. The molecule has 0 radical (unpaired) electrons. The Morgan fingerprint density at radius 3 is 2.27 bits per heavy atom. The molecule has 0 saturated carbocycles. The van der Waals surface area contributed by atoms with Crippen molar-refractivity contribution in [1.29, 1.82) is 0 Å². The van der Waals surface area contributed by atoms with E-state index in [1.807, 2.05) is 49.4 Å². The van der Waals surface area contributed by atoms with Crippen LogP contribution in [0.3, 0.4) is 0 Å². The van der Waals surface area contributed by atoms with Crippen LogP contribution in [0.25, 0.3) is 5.69 Å². The molecule has 0 aliphatic carbocycles. The first-order chi connectivity index (χ1) is 19.0. The number of carbonyl (C=O) groups is 1. The van der Waals surface area contributed by atoms with Crippen molar-refractivity contribution < 1.29 is 13.9 Å². The maximum atomic E-state index is 14.3. The van der Waals surface area contributed by atoms with E-state index in [1.54, 1.807) is 25.1 Å². The van der Waals surface area contributed by atoms with E-state index in [0.29, 0.717) is 23.8 Å². The summed E-state index contributed by atoms with van der Waals surface area (Å²) in [4.78, 5) is 28.1. The van der Waals surface area contributed by atoms with E-state index >= 15 is 0 Å². The molecule has 1 fully saturated rings. The lowest BCUT2D eigenvalue weighted by Gasteiger charge is -2.36. The molecule has 41 heavy (non-hydrogen) atoms. The smallest absolute Gasteiger partial charge is 0.350 e. The van der Waals surface area contributed by atoms with Crippen molar-refractivity contribution in [2.75, 3.05) is 19.7 Å². The van der Waals surface area contributed by atoms with Crippen LogP contribution < -0.4 is 5.69 Å². The first-order valence-corrected chi connectivity index (χ1v) is 13.4. The number of benzene rings is 3. The van der Waals surface area contributed by atoms with Gasteiger partial charge in [0, 0.05) is 5.56 Å². The third kappa shape index (κ3) is 6.80. The van der Waals surface area contributed by atoms with E-state index in [9.17, 15) is 14.0 Å². The van der Waals surface area contributed by atoms with Crippen molar-refractivity contribution in [3.8, 4) is 5.69 Å². The zero-order valence-corrected chi connectivity index (χ0v) is 23.7. The Bertz CT molecular complexity index is 1460. The summed E-state index contributed by atoms with van der Waals surface area (Å²) in [6.07, 6.45) is 3.31. The number of carbonyl (C=O) groups excluding carboxylic acids is 1. The molecule has 1 aromatic heterocycles. The van der Waals surface area contributed by atoms with Gasteiger partial charge in [-0.05, 0) is 75.0 Å². The maximum absolute atomic E-state index is 14.3. The topological polar surface area (TPSA) is 69.4 Å². The van der Waals surface area contributed by atoms with Gasteiger partial charge in [-0.3, -0.25) is 4.90 Å². The van der Waals surface area contributed by atoms with Crippen LogP contribution in [0, 0.1) is 5.82 Å². The molecular formula is C32H39FN4O3S. The van der Waals surface area contributed by atoms with Crippen molar-refractivity contribution in [3.63, 3.8) is 0 Å². The Kier molecular flexibility index (Phi) is 11.1. The standard InChI is InChI=1S/C31H33FN4O3.CH4.H2S/c1-3-39-30(37)29(25-9-5-4-6-10-25)34-19-17-24(18-20-34)23-13-15-26(16-14-23)35-21-33-36(31(35)38)22(2)27-11-7-8-12-28(27)32;;/h4-16,21-22,24,29H,3,17-20H2,1-2H3;1H4;1H2/t22-,29+;;/m0../s1. The molecule has 0 amide bonds. The van der Waals surface area contributed by atoms with Gasteiger partial charge in [0.05, 0.1) is 18.3 Å². The summed E-state index contributed by atoms with van der Waals surface area (Å²) in [5, 5.41) is 4.26. The molecule has 2 heterocycles. The minimum atomic E-state index is -0.529.